The average molecular weight is 394 g/mol. The monoisotopic (exact) mass is 393 g/mol. The number of hydrogen-bond acceptors (Lipinski definition) is 5. The van der Waals surface area contributed by atoms with Gasteiger partial charge in [-0.15, -0.1) is 0 Å². The van der Waals surface area contributed by atoms with Crippen LogP contribution in [0.1, 0.15) is 71.2 Å². The number of carbonyl (C=O) groups excluding carboxylic acids is 2. The van der Waals surface area contributed by atoms with Crippen molar-refractivity contribution >= 4 is 17.6 Å². The largest absolute Gasteiger partial charge is 0.492 e. The van der Waals surface area contributed by atoms with Crippen LogP contribution in [0.4, 0.5) is 5.69 Å². The summed E-state index contributed by atoms with van der Waals surface area (Å²) in [5, 5.41) is 2.88. The van der Waals surface area contributed by atoms with Crippen LogP contribution in [0.15, 0.2) is 18.2 Å². The zero-order valence-electron chi connectivity index (χ0n) is 18.1. The first-order chi connectivity index (χ1) is 13.3. The molecule has 0 fully saturated rings. The fourth-order valence-corrected chi connectivity index (χ4v) is 2.68. The molecule has 0 aromatic heterocycles. The molecule has 28 heavy (non-hydrogen) atoms. The summed E-state index contributed by atoms with van der Waals surface area (Å²) in [5.41, 5.74) is -0.110. The second kappa shape index (κ2) is 11.7. The Labute approximate surface area is 168 Å². The van der Waals surface area contributed by atoms with Crippen molar-refractivity contribution in [3.05, 3.63) is 23.8 Å². The molecule has 0 aliphatic rings. The van der Waals surface area contributed by atoms with E-state index in [4.69, 9.17) is 14.2 Å². The van der Waals surface area contributed by atoms with E-state index in [-0.39, 0.29) is 12.5 Å². The molecule has 0 heterocycles. The van der Waals surface area contributed by atoms with Gasteiger partial charge in [-0.25, -0.2) is 4.79 Å². The summed E-state index contributed by atoms with van der Waals surface area (Å²) in [6.07, 6.45) is 2.27. The predicted octanol–water partition coefficient (Wildman–Crippen LogP) is 4.82. The quantitative estimate of drug-likeness (QED) is 0.515. The van der Waals surface area contributed by atoms with Gasteiger partial charge in [-0.05, 0) is 50.8 Å². The fourth-order valence-electron chi connectivity index (χ4n) is 2.68. The Kier molecular flexibility index (Phi) is 10.0. The zero-order chi connectivity index (χ0) is 21.2. The van der Waals surface area contributed by atoms with Crippen LogP contribution in [0.3, 0.4) is 0 Å². The Hall–Kier alpha value is -2.08. The van der Waals surface area contributed by atoms with Gasteiger partial charge < -0.3 is 19.5 Å². The van der Waals surface area contributed by atoms with Gasteiger partial charge in [0.25, 0.3) is 5.91 Å². The molecule has 0 aliphatic carbocycles. The van der Waals surface area contributed by atoms with Crippen molar-refractivity contribution in [3.63, 3.8) is 0 Å². The molecule has 1 rings (SSSR count). The maximum absolute atomic E-state index is 12.9. The SMILES string of the molecule is CCCO[C@](C)(CCC)C(=O)Nc1ccc(OCC(C)C)c(C(=O)OCC)c1. The molecule has 1 aromatic carbocycles. The maximum Gasteiger partial charge on any atom is 0.341 e. The molecule has 0 bridgehead atoms. The van der Waals surface area contributed by atoms with Crippen molar-refractivity contribution in [2.24, 2.45) is 5.92 Å². The summed E-state index contributed by atoms with van der Waals surface area (Å²) in [5.74, 6) is 0.0629. The topological polar surface area (TPSA) is 73.9 Å². The third-order valence-corrected chi connectivity index (χ3v) is 4.14. The molecular weight excluding hydrogens is 358 g/mol. The van der Waals surface area contributed by atoms with Gasteiger partial charge in [-0.1, -0.05) is 34.1 Å². The summed E-state index contributed by atoms with van der Waals surface area (Å²) in [6.45, 7) is 12.9. The normalized spacial score (nSPS) is 13.1. The van der Waals surface area contributed by atoms with E-state index < -0.39 is 11.6 Å². The van der Waals surface area contributed by atoms with E-state index in [9.17, 15) is 9.59 Å². The molecule has 1 aromatic rings. The minimum absolute atomic E-state index is 0.228. The molecule has 1 amide bonds. The van der Waals surface area contributed by atoms with Crippen LogP contribution in [0.25, 0.3) is 0 Å². The first-order valence-corrected chi connectivity index (χ1v) is 10.2. The van der Waals surface area contributed by atoms with Crippen LogP contribution < -0.4 is 10.1 Å². The molecule has 1 atom stereocenters. The smallest absolute Gasteiger partial charge is 0.341 e. The van der Waals surface area contributed by atoms with E-state index in [1.54, 1.807) is 32.0 Å². The van der Waals surface area contributed by atoms with Crippen LogP contribution in [0, 0.1) is 5.92 Å². The zero-order valence-corrected chi connectivity index (χ0v) is 18.1. The van der Waals surface area contributed by atoms with Gasteiger partial charge in [0.15, 0.2) is 0 Å². The number of nitrogens with one attached hydrogen (secondary N) is 1. The average Bonchev–Trinajstić information content (AvgIpc) is 2.65. The first-order valence-electron chi connectivity index (χ1n) is 10.2. The summed E-state index contributed by atoms with van der Waals surface area (Å²) in [7, 11) is 0. The third-order valence-electron chi connectivity index (χ3n) is 4.14. The summed E-state index contributed by atoms with van der Waals surface area (Å²) in [6, 6.07) is 5.01. The predicted molar refractivity (Wildman–Crippen MR) is 111 cm³/mol. The molecule has 0 spiro atoms. The Bertz CT molecular complexity index is 644. The number of hydrogen-bond donors (Lipinski definition) is 1. The Balaban J connectivity index is 3.07. The number of anilines is 1. The number of ether oxygens (including phenoxy) is 3. The van der Waals surface area contributed by atoms with E-state index in [2.05, 4.69) is 5.32 Å². The molecule has 0 aliphatic heterocycles. The minimum Gasteiger partial charge on any atom is -0.492 e. The summed E-state index contributed by atoms with van der Waals surface area (Å²) < 4.78 is 16.7. The van der Waals surface area contributed by atoms with Gasteiger partial charge in [-0.3, -0.25) is 4.79 Å². The van der Waals surface area contributed by atoms with E-state index in [1.165, 1.54) is 0 Å². The lowest BCUT2D eigenvalue weighted by Gasteiger charge is -2.28. The molecule has 0 saturated heterocycles. The van der Waals surface area contributed by atoms with Crippen LogP contribution in [0.5, 0.6) is 5.75 Å². The number of carbonyl (C=O) groups is 2. The van der Waals surface area contributed by atoms with Gasteiger partial charge in [0.1, 0.15) is 16.9 Å². The first kappa shape index (κ1) is 24.0. The number of rotatable bonds is 12. The van der Waals surface area contributed by atoms with Gasteiger partial charge >= 0.3 is 5.97 Å². The third kappa shape index (κ3) is 7.15. The van der Waals surface area contributed by atoms with Crippen molar-refractivity contribution in [3.8, 4) is 5.75 Å². The molecule has 6 nitrogen and oxygen atoms in total. The van der Waals surface area contributed by atoms with Crippen molar-refractivity contribution < 1.29 is 23.8 Å². The number of amides is 1. The van der Waals surface area contributed by atoms with Crippen LogP contribution >= 0.6 is 0 Å². The Morgan fingerprint density at radius 3 is 2.43 bits per heavy atom. The molecule has 6 heteroatoms. The van der Waals surface area contributed by atoms with Gasteiger partial charge in [0, 0.05) is 12.3 Å². The van der Waals surface area contributed by atoms with Crippen molar-refractivity contribution in [2.45, 2.75) is 66.4 Å². The van der Waals surface area contributed by atoms with Crippen molar-refractivity contribution in [1.29, 1.82) is 0 Å². The summed E-state index contributed by atoms with van der Waals surface area (Å²) >= 11 is 0. The van der Waals surface area contributed by atoms with E-state index in [0.29, 0.717) is 42.6 Å². The Morgan fingerprint density at radius 1 is 1.14 bits per heavy atom. The van der Waals surface area contributed by atoms with Gasteiger partial charge in [-0.2, -0.15) is 0 Å². The number of benzene rings is 1. The highest BCUT2D eigenvalue weighted by Crippen LogP contribution is 2.26. The molecule has 158 valence electrons. The lowest BCUT2D eigenvalue weighted by atomic mass is 9.98. The highest BCUT2D eigenvalue weighted by atomic mass is 16.5. The standard InChI is InChI=1S/C22H35NO5/c1-7-12-22(6,28-13-8-2)21(25)23-17-10-11-19(27-15-16(4)5)18(14-17)20(24)26-9-3/h10-11,14,16H,7-9,12-13,15H2,1-6H3,(H,23,25)/t22-/m1/s1. The lowest BCUT2D eigenvalue weighted by Crippen LogP contribution is -2.43. The fraction of sp³-hybridized carbons (Fsp3) is 0.636. The van der Waals surface area contributed by atoms with Gasteiger partial charge in [0.05, 0.1) is 13.2 Å². The van der Waals surface area contributed by atoms with Crippen LogP contribution in [-0.2, 0) is 14.3 Å². The number of esters is 1. The molecule has 1 N–H and O–H groups in total. The highest BCUT2D eigenvalue weighted by molar-refractivity contribution is 5.99. The second-order valence-electron chi connectivity index (χ2n) is 7.42. The summed E-state index contributed by atoms with van der Waals surface area (Å²) in [4.78, 5) is 25.2. The molecular formula is C22H35NO5. The van der Waals surface area contributed by atoms with Crippen LogP contribution in [-0.4, -0.2) is 37.3 Å². The second-order valence-corrected chi connectivity index (χ2v) is 7.42. The maximum atomic E-state index is 12.9. The lowest BCUT2D eigenvalue weighted by molar-refractivity contribution is -0.140. The van der Waals surface area contributed by atoms with Crippen LogP contribution in [0.2, 0.25) is 0 Å². The van der Waals surface area contributed by atoms with E-state index in [0.717, 1.165) is 12.8 Å². The van der Waals surface area contributed by atoms with Crippen molar-refractivity contribution in [2.75, 3.05) is 25.1 Å². The Morgan fingerprint density at radius 2 is 1.86 bits per heavy atom. The molecule has 0 unspecified atom stereocenters. The minimum atomic E-state index is -0.915. The highest BCUT2D eigenvalue weighted by Gasteiger charge is 2.33. The van der Waals surface area contributed by atoms with Gasteiger partial charge in [0.2, 0.25) is 0 Å². The van der Waals surface area contributed by atoms with E-state index in [1.807, 2.05) is 27.7 Å². The van der Waals surface area contributed by atoms with Crippen molar-refractivity contribution in [1.82, 2.24) is 0 Å². The molecule has 0 saturated carbocycles. The molecule has 0 radical (unpaired) electrons. The van der Waals surface area contributed by atoms with E-state index >= 15 is 0 Å².